The molecule has 0 heterocycles. The van der Waals surface area contributed by atoms with Crippen molar-refractivity contribution >= 4 is 19.8 Å². The first-order chi connectivity index (χ1) is 28.4. The summed E-state index contributed by atoms with van der Waals surface area (Å²) in [5, 5.41) is 50.1. The first-order valence-electron chi connectivity index (χ1n) is 22.4. The van der Waals surface area contributed by atoms with Crippen molar-refractivity contribution < 1.29 is 63.1 Å². The van der Waals surface area contributed by atoms with Crippen LogP contribution in [-0.2, 0) is 32.7 Å². The van der Waals surface area contributed by atoms with Gasteiger partial charge in [0.2, 0.25) is 0 Å². The fraction of sp³-hybridized carbons (Fsp3) is 0.778. The van der Waals surface area contributed by atoms with Crippen molar-refractivity contribution in [3.63, 3.8) is 0 Å². The number of carbonyl (C=O) groups excluding carboxylic acids is 2. The second-order valence-electron chi connectivity index (χ2n) is 15.5. The van der Waals surface area contributed by atoms with Crippen LogP contribution in [0.15, 0.2) is 48.6 Å². The third kappa shape index (κ3) is 28.1. The molecule has 6 unspecified atom stereocenters. The molecule has 1 rings (SSSR count). The number of ether oxygens (including phenoxy) is 2. The van der Waals surface area contributed by atoms with E-state index >= 15 is 0 Å². The number of aliphatic hydroxyl groups excluding tert-OH is 5. The summed E-state index contributed by atoms with van der Waals surface area (Å²) in [6, 6.07) is 0. The summed E-state index contributed by atoms with van der Waals surface area (Å²) in [5.74, 6) is -1.13. The molecule has 0 aliphatic heterocycles. The van der Waals surface area contributed by atoms with Crippen molar-refractivity contribution in [2.45, 2.75) is 211 Å². The molecule has 0 radical (unpaired) electrons. The quantitative estimate of drug-likeness (QED) is 0.0152. The van der Waals surface area contributed by atoms with Gasteiger partial charge in [-0.15, -0.1) is 0 Å². The average Bonchev–Trinajstić information content (AvgIpc) is 3.21. The highest BCUT2D eigenvalue weighted by Crippen LogP contribution is 2.47. The maximum Gasteiger partial charge on any atom is 0.472 e. The van der Waals surface area contributed by atoms with Gasteiger partial charge in [-0.25, -0.2) is 4.57 Å². The van der Waals surface area contributed by atoms with E-state index < -0.39 is 75.7 Å². The van der Waals surface area contributed by atoms with Gasteiger partial charge in [0.15, 0.2) is 6.10 Å². The Balaban J connectivity index is 2.49. The minimum absolute atomic E-state index is 0.0752. The molecule has 0 aromatic rings. The third-order valence-electron chi connectivity index (χ3n) is 10.2. The number of aliphatic hydroxyl groups is 5. The molecule has 0 saturated heterocycles. The van der Waals surface area contributed by atoms with Crippen LogP contribution in [0.2, 0.25) is 0 Å². The largest absolute Gasteiger partial charge is 0.472 e. The number of carbonyl (C=O) groups is 2. The molecule has 1 fully saturated rings. The zero-order valence-corrected chi connectivity index (χ0v) is 36.9. The lowest BCUT2D eigenvalue weighted by Gasteiger charge is -2.41. The van der Waals surface area contributed by atoms with Crippen molar-refractivity contribution in [1.82, 2.24) is 0 Å². The standard InChI is InChI=1S/C45H79O13P/c1-3-5-7-9-11-13-15-17-19-21-23-25-27-29-31-33-38(46)55-35-37(36-56-59(53,54)58-45-43(51)41(49)40(48)42(50)44(45)52)57-39(47)34-32-30-28-26-24-22-20-18-16-14-12-10-8-6-4-2/h6,8,12-15,18,20,37,40-45,48-52H,3-5,7,9-11,16-17,19,21-36H2,1-2H3,(H,53,54)/b8-6+,14-12+,15-13+,20-18+/t37-,40?,41-,42?,43?,44?,45?/m1/s1. The summed E-state index contributed by atoms with van der Waals surface area (Å²) < 4.78 is 33.5. The van der Waals surface area contributed by atoms with Crippen LogP contribution in [0, 0.1) is 0 Å². The minimum Gasteiger partial charge on any atom is -0.462 e. The molecule has 0 aromatic heterocycles. The van der Waals surface area contributed by atoms with Crippen LogP contribution in [0.4, 0.5) is 0 Å². The lowest BCUT2D eigenvalue weighted by molar-refractivity contribution is -0.220. The van der Waals surface area contributed by atoms with Crippen LogP contribution in [0.3, 0.4) is 0 Å². The topological polar surface area (TPSA) is 210 Å². The molecule has 8 atom stereocenters. The van der Waals surface area contributed by atoms with Crippen molar-refractivity contribution in [3.8, 4) is 0 Å². The number of unbranched alkanes of at least 4 members (excludes halogenated alkanes) is 16. The Bertz CT molecular complexity index is 1220. The van der Waals surface area contributed by atoms with Crippen molar-refractivity contribution in [2.24, 2.45) is 0 Å². The molecule has 0 aromatic carbocycles. The van der Waals surface area contributed by atoms with Crippen LogP contribution in [0.5, 0.6) is 0 Å². The molecule has 342 valence electrons. The molecule has 59 heavy (non-hydrogen) atoms. The fourth-order valence-corrected chi connectivity index (χ4v) is 7.50. The van der Waals surface area contributed by atoms with Gasteiger partial charge in [0.1, 0.15) is 43.2 Å². The van der Waals surface area contributed by atoms with Crippen molar-refractivity contribution in [1.29, 1.82) is 0 Å². The normalized spacial score (nSPS) is 22.8. The third-order valence-corrected chi connectivity index (χ3v) is 11.1. The molecule has 13 nitrogen and oxygen atoms in total. The summed E-state index contributed by atoms with van der Waals surface area (Å²) in [5.41, 5.74) is 0. The van der Waals surface area contributed by atoms with E-state index in [1.165, 1.54) is 44.9 Å². The predicted molar refractivity (Wildman–Crippen MR) is 230 cm³/mol. The van der Waals surface area contributed by atoms with Crippen molar-refractivity contribution in [3.05, 3.63) is 48.6 Å². The molecular weight excluding hydrogens is 779 g/mol. The van der Waals surface area contributed by atoms with Crippen LogP contribution in [0.1, 0.15) is 168 Å². The molecule has 1 saturated carbocycles. The van der Waals surface area contributed by atoms with Crippen molar-refractivity contribution in [2.75, 3.05) is 13.2 Å². The van der Waals surface area contributed by atoms with Crippen LogP contribution in [0.25, 0.3) is 0 Å². The molecular formula is C45H79O13P. The van der Waals surface area contributed by atoms with E-state index in [4.69, 9.17) is 18.5 Å². The lowest BCUT2D eigenvalue weighted by atomic mass is 9.85. The summed E-state index contributed by atoms with van der Waals surface area (Å²) in [7, 11) is -5.12. The fourth-order valence-electron chi connectivity index (χ4n) is 6.53. The summed E-state index contributed by atoms with van der Waals surface area (Å²) in [6.45, 7) is 3.15. The Morgan fingerprint density at radius 1 is 0.542 bits per heavy atom. The highest BCUT2D eigenvalue weighted by Gasteiger charge is 2.51. The number of hydrogen-bond acceptors (Lipinski definition) is 12. The van der Waals surface area contributed by atoms with E-state index in [2.05, 4.69) is 62.5 Å². The number of phosphoric ester groups is 1. The molecule has 1 aliphatic carbocycles. The van der Waals surface area contributed by atoms with Gasteiger partial charge < -0.3 is 39.9 Å². The summed E-state index contributed by atoms with van der Waals surface area (Å²) >= 11 is 0. The Morgan fingerprint density at radius 3 is 1.49 bits per heavy atom. The minimum atomic E-state index is -5.12. The van der Waals surface area contributed by atoms with E-state index in [1.807, 2.05) is 0 Å². The number of rotatable bonds is 36. The molecule has 14 heteroatoms. The van der Waals surface area contributed by atoms with Gasteiger partial charge in [-0.1, -0.05) is 133 Å². The Morgan fingerprint density at radius 2 is 0.966 bits per heavy atom. The van der Waals surface area contributed by atoms with E-state index in [0.29, 0.717) is 12.8 Å². The molecule has 6 N–H and O–H groups in total. The molecule has 0 amide bonds. The average molecular weight is 859 g/mol. The molecule has 0 spiro atoms. The number of allylic oxidation sites excluding steroid dienone is 8. The highest BCUT2D eigenvalue weighted by molar-refractivity contribution is 7.47. The molecule has 1 aliphatic rings. The zero-order chi connectivity index (χ0) is 43.6. The van der Waals surface area contributed by atoms with Gasteiger partial charge in [0, 0.05) is 12.8 Å². The monoisotopic (exact) mass is 859 g/mol. The van der Waals surface area contributed by atoms with Gasteiger partial charge in [-0.2, -0.15) is 0 Å². The second kappa shape index (κ2) is 35.4. The van der Waals surface area contributed by atoms with Gasteiger partial charge >= 0.3 is 19.8 Å². The smallest absolute Gasteiger partial charge is 0.462 e. The van der Waals surface area contributed by atoms with Gasteiger partial charge in [-0.05, 0) is 70.6 Å². The van der Waals surface area contributed by atoms with E-state index in [0.717, 1.165) is 83.5 Å². The Labute approximate surface area is 354 Å². The summed E-state index contributed by atoms with van der Waals surface area (Å²) in [4.78, 5) is 35.6. The van der Waals surface area contributed by atoms with Gasteiger partial charge in [-0.3, -0.25) is 18.6 Å². The van der Waals surface area contributed by atoms with E-state index in [9.17, 15) is 44.6 Å². The number of phosphoric acid groups is 1. The zero-order valence-electron chi connectivity index (χ0n) is 36.0. The summed E-state index contributed by atoms with van der Waals surface area (Å²) in [6.07, 6.45) is 27.4. The SMILES string of the molecule is CC/C=C/C/C=C/C/C=C/CCCCCCCC(=O)O[C@H](COC(=O)CCCCCCCCC/C=C/CCCCCC)COP(=O)(O)OC1C(O)C(O)C(O)[C@@H](O)C1O. The Hall–Kier alpha value is -2.19. The maximum atomic E-state index is 12.8. The Kier molecular flexibility index (Phi) is 32.9. The van der Waals surface area contributed by atoms with E-state index in [1.54, 1.807) is 0 Å². The molecule has 0 bridgehead atoms. The van der Waals surface area contributed by atoms with E-state index in [-0.39, 0.29) is 12.8 Å². The maximum absolute atomic E-state index is 12.8. The second-order valence-corrected chi connectivity index (χ2v) is 16.9. The van der Waals surface area contributed by atoms with Crippen LogP contribution >= 0.6 is 7.82 Å². The highest BCUT2D eigenvalue weighted by atomic mass is 31.2. The van der Waals surface area contributed by atoms with Gasteiger partial charge in [0.25, 0.3) is 0 Å². The number of hydrogen-bond donors (Lipinski definition) is 6. The first kappa shape index (κ1) is 54.8. The van der Waals surface area contributed by atoms with Gasteiger partial charge in [0.05, 0.1) is 6.61 Å². The lowest BCUT2D eigenvalue weighted by Crippen LogP contribution is -2.64. The van der Waals surface area contributed by atoms with Crippen LogP contribution in [-0.4, -0.2) is 98.3 Å². The first-order valence-corrected chi connectivity index (χ1v) is 23.9. The predicted octanol–water partition coefficient (Wildman–Crippen LogP) is 8.39. The number of esters is 2. The van der Waals surface area contributed by atoms with Crippen LogP contribution < -0.4 is 0 Å².